The van der Waals surface area contributed by atoms with Gasteiger partial charge in [0, 0.05) is 18.7 Å². The number of rotatable bonds is 11. The number of carbonyl (C=O) groups excluding carboxylic acids is 3. The van der Waals surface area contributed by atoms with Crippen LogP contribution in [0.5, 0.6) is 17.2 Å². The van der Waals surface area contributed by atoms with Crippen LogP contribution in [0.2, 0.25) is 0 Å². The van der Waals surface area contributed by atoms with E-state index < -0.39 is 6.10 Å². The van der Waals surface area contributed by atoms with Gasteiger partial charge in [-0.3, -0.25) is 14.4 Å². The molecule has 8 nitrogen and oxygen atoms in total. The van der Waals surface area contributed by atoms with Crippen molar-refractivity contribution in [1.82, 2.24) is 10.6 Å². The molecule has 1 unspecified atom stereocenters. The van der Waals surface area contributed by atoms with E-state index in [0.717, 1.165) is 5.56 Å². The number of benzene rings is 2. The highest BCUT2D eigenvalue weighted by Crippen LogP contribution is 2.28. The van der Waals surface area contributed by atoms with Crippen LogP contribution in [0.25, 0.3) is 0 Å². The predicted octanol–water partition coefficient (Wildman–Crippen LogP) is 2.50. The van der Waals surface area contributed by atoms with E-state index in [1.165, 1.54) is 14.0 Å². The van der Waals surface area contributed by atoms with Crippen molar-refractivity contribution in [3.8, 4) is 17.2 Å². The molecule has 8 heteroatoms. The Kier molecular flexibility index (Phi) is 8.87. The summed E-state index contributed by atoms with van der Waals surface area (Å²) >= 11 is 0. The van der Waals surface area contributed by atoms with E-state index in [4.69, 9.17) is 14.2 Å². The smallest absolute Gasteiger partial charge is 0.261 e. The third-order valence-electron chi connectivity index (χ3n) is 4.35. The highest BCUT2D eigenvalue weighted by Gasteiger charge is 2.16. The number of Topliss-reactive ketones (excluding diaryl/α,β-unsaturated/α-hetero) is 1. The van der Waals surface area contributed by atoms with Gasteiger partial charge < -0.3 is 24.8 Å². The minimum absolute atomic E-state index is 0.0741. The second kappa shape index (κ2) is 11.6. The molecule has 0 aliphatic heterocycles. The lowest BCUT2D eigenvalue weighted by molar-refractivity contribution is -0.127. The maximum atomic E-state index is 12.4. The van der Waals surface area contributed by atoms with Gasteiger partial charge in [-0.15, -0.1) is 0 Å². The number of hydrogen-bond donors (Lipinski definition) is 2. The summed E-state index contributed by atoms with van der Waals surface area (Å²) in [4.78, 5) is 35.4. The van der Waals surface area contributed by atoms with Crippen LogP contribution < -0.4 is 24.8 Å². The number of carbonyl (C=O) groups is 3. The van der Waals surface area contributed by atoms with E-state index in [-0.39, 0.29) is 30.7 Å². The molecule has 0 saturated carbocycles. The summed E-state index contributed by atoms with van der Waals surface area (Å²) in [7, 11) is 1.50. The Morgan fingerprint density at radius 2 is 1.81 bits per heavy atom. The van der Waals surface area contributed by atoms with Crippen LogP contribution in [-0.4, -0.2) is 44.0 Å². The number of nitrogens with one attached hydrogen (secondary N) is 2. The summed E-state index contributed by atoms with van der Waals surface area (Å²) in [6, 6.07) is 11.9. The van der Waals surface area contributed by atoms with Gasteiger partial charge in [0.1, 0.15) is 5.75 Å². The lowest BCUT2D eigenvalue weighted by atomic mass is 10.1. The van der Waals surface area contributed by atoms with Crippen LogP contribution >= 0.6 is 0 Å². The third kappa shape index (κ3) is 7.33. The summed E-state index contributed by atoms with van der Waals surface area (Å²) in [6.07, 6.45) is -0.746. The Labute approximate surface area is 181 Å². The van der Waals surface area contributed by atoms with Crippen molar-refractivity contribution >= 4 is 17.6 Å². The van der Waals surface area contributed by atoms with Crippen LogP contribution in [0.4, 0.5) is 0 Å². The van der Waals surface area contributed by atoms with E-state index >= 15 is 0 Å². The van der Waals surface area contributed by atoms with Crippen molar-refractivity contribution in [2.75, 3.05) is 20.3 Å². The summed E-state index contributed by atoms with van der Waals surface area (Å²) in [5.74, 6) is 0.750. The number of ether oxygens (including phenoxy) is 3. The molecular formula is C23H28N2O6. The summed E-state index contributed by atoms with van der Waals surface area (Å²) in [6.45, 7) is 5.61. The molecule has 2 rings (SSSR count). The van der Waals surface area contributed by atoms with Crippen molar-refractivity contribution in [3.63, 3.8) is 0 Å². The van der Waals surface area contributed by atoms with E-state index in [0.29, 0.717) is 29.4 Å². The number of likely N-dealkylation sites (N-methyl/N-ethyl adjacent to an activating group) is 1. The van der Waals surface area contributed by atoms with Crippen LogP contribution in [0, 0.1) is 0 Å². The van der Waals surface area contributed by atoms with Gasteiger partial charge in [-0.2, -0.15) is 0 Å². The first-order valence-corrected chi connectivity index (χ1v) is 9.95. The van der Waals surface area contributed by atoms with Crippen LogP contribution in [0.3, 0.4) is 0 Å². The van der Waals surface area contributed by atoms with Gasteiger partial charge in [0.05, 0.1) is 7.11 Å². The molecule has 0 heterocycles. The molecule has 166 valence electrons. The van der Waals surface area contributed by atoms with Crippen LogP contribution in [-0.2, 0) is 16.1 Å². The van der Waals surface area contributed by atoms with Crippen molar-refractivity contribution in [3.05, 3.63) is 53.6 Å². The van der Waals surface area contributed by atoms with Crippen molar-refractivity contribution in [2.24, 2.45) is 0 Å². The molecule has 0 aliphatic rings. The van der Waals surface area contributed by atoms with Crippen molar-refractivity contribution in [2.45, 2.75) is 33.4 Å². The molecular weight excluding hydrogens is 400 g/mol. The van der Waals surface area contributed by atoms with E-state index in [9.17, 15) is 14.4 Å². The van der Waals surface area contributed by atoms with E-state index in [2.05, 4.69) is 10.6 Å². The molecule has 2 amide bonds. The highest BCUT2D eigenvalue weighted by molar-refractivity contribution is 5.94. The predicted molar refractivity (Wildman–Crippen MR) is 116 cm³/mol. The fourth-order valence-corrected chi connectivity index (χ4v) is 2.71. The van der Waals surface area contributed by atoms with Crippen LogP contribution in [0.1, 0.15) is 36.7 Å². The average molecular weight is 428 g/mol. The quantitative estimate of drug-likeness (QED) is 0.533. The molecule has 0 spiro atoms. The largest absolute Gasteiger partial charge is 0.493 e. The maximum absolute atomic E-state index is 12.4. The van der Waals surface area contributed by atoms with Crippen molar-refractivity contribution in [1.29, 1.82) is 0 Å². The lowest BCUT2D eigenvalue weighted by Gasteiger charge is -2.16. The van der Waals surface area contributed by atoms with Gasteiger partial charge in [0.2, 0.25) is 0 Å². The van der Waals surface area contributed by atoms with Gasteiger partial charge in [-0.25, -0.2) is 0 Å². The molecule has 0 radical (unpaired) electrons. The molecule has 0 aliphatic carbocycles. The van der Waals surface area contributed by atoms with Crippen LogP contribution in [0.15, 0.2) is 42.5 Å². The Balaban J connectivity index is 1.92. The zero-order chi connectivity index (χ0) is 22.8. The molecule has 0 aromatic heterocycles. The Bertz CT molecular complexity index is 928. The zero-order valence-electron chi connectivity index (χ0n) is 18.2. The van der Waals surface area contributed by atoms with Gasteiger partial charge in [0.15, 0.2) is 30.0 Å². The minimum Gasteiger partial charge on any atom is -0.493 e. The molecule has 1 atom stereocenters. The summed E-state index contributed by atoms with van der Waals surface area (Å²) in [5.41, 5.74) is 1.31. The topological polar surface area (TPSA) is 103 Å². The number of methoxy groups -OCH3 is 1. The second-order valence-electron chi connectivity index (χ2n) is 6.79. The standard InChI is InChI=1S/C23H28N2O6/c1-5-24-22(27)14-30-20-10-9-17(11-21(20)29-4)13-25-23(28)16(3)31-19-8-6-7-18(12-19)15(2)26/h6-12,16H,5,13-14H2,1-4H3,(H,24,27)(H,25,28). The first-order valence-electron chi connectivity index (χ1n) is 9.95. The molecule has 2 N–H and O–H groups in total. The SMILES string of the molecule is CCNC(=O)COc1ccc(CNC(=O)C(C)Oc2cccc(C(C)=O)c2)cc1OC. The Hall–Kier alpha value is -3.55. The van der Waals surface area contributed by atoms with Gasteiger partial charge in [0.25, 0.3) is 11.8 Å². The fourth-order valence-electron chi connectivity index (χ4n) is 2.71. The van der Waals surface area contributed by atoms with Gasteiger partial charge in [-0.1, -0.05) is 18.2 Å². The minimum atomic E-state index is -0.746. The number of hydrogen-bond acceptors (Lipinski definition) is 6. The van der Waals surface area contributed by atoms with Gasteiger partial charge in [-0.05, 0) is 50.6 Å². The second-order valence-corrected chi connectivity index (χ2v) is 6.79. The first-order chi connectivity index (χ1) is 14.8. The Morgan fingerprint density at radius 1 is 1.03 bits per heavy atom. The summed E-state index contributed by atoms with van der Waals surface area (Å²) in [5, 5.41) is 5.46. The number of amides is 2. The molecule has 31 heavy (non-hydrogen) atoms. The average Bonchev–Trinajstić information content (AvgIpc) is 2.76. The Morgan fingerprint density at radius 3 is 2.48 bits per heavy atom. The monoisotopic (exact) mass is 428 g/mol. The van der Waals surface area contributed by atoms with E-state index in [1.54, 1.807) is 49.4 Å². The summed E-state index contributed by atoms with van der Waals surface area (Å²) < 4.78 is 16.5. The molecule has 2 aromatic carbocycles. The normalized spacial score (nSPS) is 11.2. The fraction of sp³-hybridized carbons (Fsp3) is 0.348. The van der Waals surface area contributed by atoms with Gasteiger partial charge >= 0.3 is 0 Å². The lowest BCUT2D eigenvalue weighted by Crippen LogP contribution is -2.35. The van der Waals surface area contributed by atoms with Crippen molar-refractivity contribution < 1.29 is 28.6 Å². The number of ketones is 1. The molecule has 2 aromatic rings. The highest BCUT2D eigenvalue weighted by atomic mass is 16.5. The maximum Gasteiger partial charge on any atom is 0.261 e. The molecule has 0 fully saturated rings. The van der Waals surface area contributed by atoms with E-state index in [1.807, 2.05) is 6.92 Å². The molecule has 0 bridgehead atoms. The third-order valence-corrected chi connectivity index (χ3v) is 4.35. The molecule has 0 saturated heterocycles. The zero-order valence-corrected chi connectivity index (χ0v) is 18.2. The first kappa shape index (κ1) is 23.7.